The van der Waals surface area contributed by atoms with E-state index >= 15 is 0 Å². The van der Waals surface area contributed by atoms with Crippen molar-refractivity contribution in [2.45, 2.75) is 19.4 Å². The molecule has 0 spiro atoms. The molecule has 1 unspecified atom stereocenters. The van der Waals surface area contributed by atoms with Gasteiger partial charge in [-0.1, -0.05) is 0 Å². The predicted octanol–water partition coefficient (Wildman–Crippen LogP) is 0.664. The minimum Gasteiger partial charge on any atom is -0.508 e. The SMILES string of the molecule is COc1cc(CC(N)C(=O)O)cc(O)c1C. The van der Waals surface area contributed by atoms with Gasteiger partial charge in [-0.25, -0.2) is 0 Å². The molecular formula is C11H15NO4. The second kappa shape index (κ2) is 4.85. The quantitative estimate of drug-likeness (QED) is 0.700. The first-order chi connectivity index (χ1) is 7.45. The summed E-state index contributed by atoms with van der Waals surface area (Å²) in [6.45, 7) is 1.72. The number of aromatic hydroxyl groups is 1. The molecule has 16 heavy (non-hydrogen) atoms. The zero-order valence-corrected chi connectivity index (χ0v) is 9.23. The third-order valence-corrected chi connectivity index (χ3v) is 2.39. The third kappa shape index (κ3) is 2.64. The highest BCUT2D eigenvalue weighted by Crippen LogP contribution is 2.28. The number of carbonyl (C=O) groups is 1. The average molecular weight is 225 g/mol. The Labute approximate surface area is 93.5 Å². The molecule has 0 aromatic heterocycles. The Bertz CT molecular complexity index is 403. The Kier molecular flexibility index (Phi) is 3.73. The van der Waals surface area contributed by atoms with Gasteiger partial charge in [0.25, 0.3) is 0 Å². The standard InChI is InChI=1S/C11H15NO4/c1-6-9(13)4-7(5-10(6)16-2)3-8(12)11(14)15/h4-5,8,13H,3,12H2,1-2H3,(H,14,15). The molecule has 1 rings (SSSR count). The number of hydrogen-bond acceptors (Lipinski definition) is 4. The topological polar surface area (TPSA) is 92.8 Å². The average Bonchev–Trinajstić information content (AvgIpc) is 2.22. The molecule has 0 aliphatic rings. The number of ether oxygens (including phenoxy) is 1. The van der Waals surface area contributed by atoms with Gasteiger partial charge in [0, 0.05) is 5.56 Å². The minimum atomic E-state index is -1.07. The van der Waals surface area contributed by atoms with Crippen LogP contribution < -0.4 is 10.5 Å². The van der Waals surface area contributed by atoms with E-state index in [-0.39, 0.29) is 12.2 Å². The second-order valence-corrected chi connectivity index (χ2v) is 3.59. The Morgan fingerprint density at radius 2 is 2.19 bits per heavy atom. The van der Waals surface area contributed by atoms with E-state index in [4.69, 9.17) is 15.6 Å². The number of hydrogen-bond donors (Lipinski definition) is 3. The lowest BCUT2D eigenvalue weighted by atomic mass is 10.0. The second-order valence-electron chi connectivity index (χ2n) is 3.59. The van der Waals surface area contributed by atoms with Crippen molar-refractivity contribution in [3.05, 3.63) is 23.3 Å². The molecule has 4 N–H and O–H groups in total. The molecule has 1 aromatic rings. The molecule has 0 fully saturated rings. The fraction of sp³-hybridized carbons (Fsp3) is 0.364. The summed E-state index contributed by atoms with van der Waals surface area (Å²) >= 11 is 0. The van der Waals surface area contributed by atoms with Gasteiger partial charge in [-0.05, 0) is 31.0 Å². The van der Waals surface area contributed by atoms with Crippen molar-refractivity contribution in [2.75, 3.05) is 7.11 Å². The Balaban J connectivity index is 2.98. The Morgan fingerprint density at radius 1 is 1.56 bits per heavy atom. The van der Waals surface area contributed by atoms with Crippen LogP contribution in [0.4, 0.5) is 0 Å². The van der Waals surface area contributed by atoms with E-state index in [1.165, 1.54) is 13.2 Å². The minimum absolute atomic E-state index is 0.0759. The molecule has 0 amide bonds. The van der Waals surface area contributed by atoms with Gasteiger partial charge in [-0.3, -0.25) is 4.79 Å². The smallest absolute Gasteiger partial charge is 0.320 e. The normalized spacial score (nSPS) is 12.2. The molecule has 88 valence electrons. The number of methoxy groups -OCH3 is 1. The monoisotopic (exact) mass is 225 g/mol. The van der Waals surface area contributed by atoms with Gasteiger partial charge in [0.1, 0.15) is 17.5 Å². The summed E-state index contributed by atoms with van der Waals surface area (Å²) in [6, 6.07) is 2.20. The first kappa shape index (κ1) is 12.3. The molecule has 0 radical (unpaired) electrons. The van der Waals surface area contributed by atoms with E-state index in [9.17, 15) is 9.90 Å². The van der Waals surface area contributed by atoms with Gasteiger partial charge in [0.2, 0.25) is 0 Å². The molecule has 5 heteroatoms. The van der Waals surface area contributed by atoms with Crippen molar-refractivity contribution < 1.29 is 19.7 Å². The molecule has 1 aromatic carbocycles. The maximum Gasteiger partial charge on any atom is 0.320 e. The van der Waals surface area contributed by atoms with Gasteiger partial charge in [-0.2, -0.15) is 0 Å². The number of nitrogens with two attached hydrogens (primary N) is 1. The molecule has 0 aliphatic carbocycles. The first-order valence-electron chi connectivity index (χ1n) is 4.80. The lowest BCUT2D eigenvalue weighted by Gasteiger charge is -2.11. The van der Waals surface area contributed by atoms with Crippen LogP contribution in [0.15, 0.2) is 12.1 Å². The van der Waals surface area contributed by atoms with Crippen molar-refractivity contribution >= 4 is 5.97 Å². The summed E-state index contributed by atoms with van der Waals surface area (Å²) in [6.07, 6.45) is 0.152. The van der Waals surface area contributed by atoms with E-state index in [0.717, 1.165) is 0 Å². The summed E-state index contributed by atoms with van der Waals surface area (Å²) in [4.78, 5) is 10.6. The van der Waals surface area contributed by atoms with E-state index in [1.807, 2.05) is 0 Å². The van der Waals surface area contributed by atoms with Crippen molar-refractivity contribution in [3.63, 3.8) is 0 Å². The van der Waals surface area contributed by atoms with Crippen LogP contribution in [0.2, 0.25) is 0 Å². The molecule has 0 saturated heterocycles. The molecule has 0 aliphatic heterocycles. The van der Waals surface area contributed by atoms with Gasteiger partial charge in [-0.15, -0.1) is 0 Å². The maximum absolute atomic E-state index is 10.6. The van der Waals surface area contributed by atoms with Crippen molar-refractivity contribution in [1.29, 1.82) is 0 Å². The number of carboxylic acids is 1. The number of phenolic OH excluding ortho intramolecular Hbond substituents is 1. The van der Waals surface area contributed by atoms with Gasteiger partial charge in [0.15, 0.2) is 0 Å². The summed E-state index contributed by atoms with van der Waals surface area (Å²) in [5, 5.41) is 18.3. The van der Waals surface area contributed by atoms with Crippen LogP contribution in [0.5, 0.6) is 11.5 Å². The van der Waals surface area contributed by atoms with Crippen LogP contribution in [-0.4, -0.2) is 29.3 Å². The van der Waals surface area contributed by atoms with Crippen LogP contribution in [-0.2, 0) is 11.2 Å². The van der Waals surface area contributed by atoms with E-state index < -0.39 is 12.0 Å². The summed E-state index contributed by atoms with van der Waals surface area (Å²) in [7, 11) is 1.49. The number of carboxylic acid groups (broad SMARTS) is 1. The molecule has 5 nitrogen and oxygen atoms in total. The van der Waals surface area contributed by atoms with Crippen LogP contribution in [0.1, 0.15) is 11.1 Å². The van der Waals surface area contributed by atoms with Crippen molar-refractivity contribution in [3.8, 4) is 11.5 Å². The highest BCUT2D eigenvalue weighted by Gasteiger charge is 2.14. The van der Waals surface area contributed by atoms with Gasteiger partial charge in [0.05, 0.1) is 7.11 Å². The van der Waals surface area contributed by atoms with Gasteiger partial charge >= 0.3 is 5.97 Å². The molecule has 0 saturated carbocycles. The van der Waals surface area contributed by atoms with E-state index in [0.29, 0.717) is 16.9 Å². The molecular weight excluding hydrogens is 210 g/mol. The number of aliphatic carboxylic acids is 1. The van der Waals surface area contributed by atoms with Crippen LogP contribution in [0, 0.1) is 6.92 Å². The fourth-order valence-electron chi connectivity index (χ4n) is 1.40. The number of phenols is 1. The fourth-order valence-corrected chi connectivity index (χ4v) is 1.40. The van der Waals surface area contributed by atoms with Crippen molar-refractivity contribution in [1.82, 2.24) is 0 Å². The zero-order chi connectivity index (χ0) is 12.3. The van der Waals surface area contributed by atoms with Crippen molar-refractivity contribution in [2.24, 2.45) is 5.73 Å². The molecule has 1 atom stereocenters. The maximum atomic E-state index is 10.6. The Morgan fingerprint density at radius 3 is 2.69 bits per heavy atom. The van der Waals surface area contributed by atoms with Crippen LogP contribution in [0.25, 0.3) is 0 Å². The zero-order valence-electron chi connectivity index (χ0n) is 9.23. The lowest BCUT2D eigenvalue weighted by Crippen LogP contribution is -2.32. The van der Waals surface area contributed by atoms with Crippen LogP contribution >= 0.6 is 0 Å². The molecule has 0 bridgehead atoms. The number of benzene rings is 1. The van der Waals surface area contributed by atoms with Crippen LogP contribution in [0.3, 0.4) is 0 Å². The predicted molar refractivity (Wildman–Crippen MR) is 58.7 cm³/mol. The summed E-state index contributed by atoms with van der Waals surface area (Å²) in [5.41, 5.74) is 6.66. The number of rotatable bonds is 4. The highest BCUT2D eigenvalue weighted by atomic mass is 16.5. The Hall–Kier alpha value is -1.75. The summed E-state index contributed by atoms with van der Waals surface area (Å²) in [5.74, 6) is -0.474. The largest absolute Gasteiger partial charge is 0.508 e. The third-order valence-electron chi connectivity index (χ3n) is 2.39. The molecule has 0 heterocycles. The van der Waals surface area contributed by atoms with Gasteiger partial charge < -0.3 is 20.7 Å². The highest BCUT2D eigenvalue weighted by molar-refractivity contribution is 5.73. The first-order valence-corrected chi connectivity index (χ1v) is 4.80. The van der Waals surface area contributed by atoms with E-state index in [1.54, 1.807) is 13.0 Å². The van der Waals surface area contributed by atoms with E-state index in [2.05, 4.69) is 0 Å². The lowest BCUT2D eigenvalue weighted by molar-refractivity contribution is -0.138. The summed E-state index contributed by atoms with van der Waals surface area (Å²) < 4.78 is 5.06.